The summed E-state index contributed by atoms with van der Waals surface area (Å²) in [6, 6.07) is 7.87. The van der Waals surface area contributed by atoms with Crippen LogP contribution in [0.1, 0.15) is 50.0 Å². The van der Waals surface area contributed by atoms with Crippen molar-refractivity contribution in [3.05, 3.63) is 63.2 Å². The van der Waals surface area contributed by atoms with Gasteiger partial charge in [-0.05, 0) is 0 Å². The zero-order valence-corrected chi connectivity index (χ0v) is 17.1. The fourth-order valence-corrected chi connectivity index (χ4v) is 6.26. The molecule has 2 atom stereocenters. The Morgan fingerprint density at radius 2 is 1.79 bits per heavy atom. The maximum absolute atomic E-state index is 13.1. The van der Waals surface area contributed by atoms with Crippen LogP contribution >= 0.6 is 7.60 Å². The molecule has 125 valence electrons. The van der Waals surface area contributed by atoms with E-state index in [-0.39, 0.29) is 9.64 Å². The predicted molar refractivity (Wildman–Crippen MR) is 92.9 cm³/mol. The number of hydrogen-bond donors (Lipinski definition) is 1. The van der Waals surface area contributed by atoms with Crippen LogP contribution in [-0.4, -0.2) is 4.89 Å². The van der Waals surface area contributed by atoms with Gasteiger partial charge in [-0.25, -0.2) is 0 Å². The summed E-state index contributed by atoms with van der Waals surface area (Å²) in [7, 11) is -3.92. The molecule has 5 heteroatoms. The van der Waals surface area contributed by atoms with Crippen LogP contribution in [0.2, 0.25) is 0 Å². The Hall–Kier alpha value is -0.856. The molecule has 0 spiro atoms. The van der Waals surface area contributed by atoms with E-state index in [1.54, 1.807) is 0 Å². The average molecular weight is 377 g/mol. The molecule has 1 aromatic rings. The number of rotatable bonds is 3. The van der Waals surface area contributed by atoms with Crippen molar-refractivity contribution in [2.45, 2.75) is 38.8 Å². The first-order valence-electron chi connectivity index (χ1n) is 8.01. The molecule has 2 aliphatic rings. The summed E-state index contributed by atoms with van der Waals surface area (Å²) in [5.74, 6) is 0.618. The molecule has 2 aliphatic carbocycles. The molecular formula is C19H22O3PTi. The van der Waals surface area contributed by atoms with Crippen molar-refractivity contribution in [3.8, 4) is 0 Å². The topological polar surface area (TPSA) is 46.5 Å². The molecule has 3 rings (SSSR count). The van der Waals surface area contributed by atoms with E-state index in [1.165, 1.54) is 5.57 Å². The quantitative estimate of drug-likeness (QED) is 0.560. The van der Waals surface area contributed by atoms with Crippen LogP contribution in [0.25, 0.3) is 6.08 Å². The van der Waals surface area contributed by atoms with Crippen LogP contribution in [0.5, 0.6) is 0 Å². The average Bonchev–Trinajstić information content (AvgIpc) is 2.94. The fourth-order valence-electron chi connectivity index (χ4n) is 3.47. The molecule has 0 radical (unpaired) electrons. The molecule has 0 aromatic heterocycles. The van der Waals surface area contributed by atoms with Gasteiger partial charge in [-0.3, -0.25) is 0 Å². The van der Waals surface area contributed by atoms with Crippen molar-refractivity contribution in [1.82, 2.24) is 0 Å². The van der Waals surface area contributed by atoms with Gasteiger partial charge in [-0.1, -0.05) is 0 Å². The van der Waals surface area contributed by atoms with Gasteiger partial charge >= 0.3 is 156 Å². The van der Waals surface area contributed by atoms with Crippen molar-refractivity contribution in [2.24, 2.45) is 5.41 Å². The first-order valence-corrected chi connectivity index (χ1v) is 10.5. The van der Waals surface area contributed by atoms with Gasteiger partial charge in [0.25, 0.3) is 0 Å². The van der Waals surface area contributed by atoms with Gasteiger partial charge in [0.1, 0.15) is 0 Å². The minimum atomic E-state index is -3.92. The first kappa shape index (κ1) is 18.0. The normalized spacial score (nSPS) is 24.7. The van der Waals surface area contributed by atoms with Gasteiger partial charge in [0.05, 0.1) is 0 Å². The molecule has 3 nitrogen and oxygen atoms in total. The standard InChI is InChI=1S/C19H22O3P.Ti/c1-12-13(2)18(19(4,5)14(12)3)22-23(20,21)17-10-15-8-6-7-9-16(15)11-17;/h6-11H,1-5H3,(H,20,21);. The molecule has 0 bridgehead atoms. The molecule has 0 amide bonds. The van der Waals surface area contributed by atoms with Gasteiger partial charge in [0.15, 0.2) is 0 Å². The van der Waals surface area contributed by atoms with E-state index < -0.39 is 7.60 Å². The Bertz CT molecular complexity index is 861. The SMILES string of the molecule is CC1=C(C)C(C)(C)C(OP(=O)(O)C2=Cc3ccccc3[CH]2[Ti])=C1C. The monoisotopic (exact) mass is 377 g/mol. The maximum atomic E-state index is 13.1. The first-order chi connectivity index (χ1) is 11.1. The molecule has 24 heavy (non-hydrogen) atoms. The van der Waals surface area contributed by atoms with Gasteiger partial charge in [0, 0.05) is 0 Å². The molecule has 2 unspecified atom stereocenters. The van der Waals surface area contributed by atoms with Gasteiger partial charge in [0.2, 0.25) is 0 Å². The Balaban J connectivity index is 1.96. The number of allylic oxidation sites excluding steroid dienone is 4. The van der Waals surface area contributed by atoms with E-state index in [9.17, 15) is 9.46 Å². The van der Waals surface area contributed by atoms with Crippen molar-refractivity contribution in [3.63, 3.8) is 0 Å². The van der Waals surface area contributed by atoms with E-state index in [0.717, 1.165) is 22.3 Å². The van der Waals surface area contributed by atoms with E-state index in [1.807, 2.05) is 78.5 Å². The second-order valence-electron chi connectivity index (χ2n) is 7.07. The number of hydrogen-bond acceptors (Lipinski definition) is 2. The van der Waals surface area contributed by atoms with E-state index in [4.69, 9.17) is 4.52 Å². The van der Waals surface area contributed by atoms with Crippen molar-refractivity contribution >= 4 is 13.7 Å². The summed E-state index contributed by atoms with van der Waals surface area (Å²) in [5.41, 5.74) is 5.02. The van der Waals surface area contributed by atoms with E-state index in [0.29, 0.717) is 11.1 Å². The zero-order chi connectivity index (χ0) is 17.9. The van der Waals surface area contributed by atoms with Crippen molar-refractivity contribution in [1.29, 1.82) is 0 Å². The minimum absolute atomic E-state index is 0.113. The molecule has 0 heterocycles. The third-order valence-corrected chi connectivity index (χ3v) is 8.24. The van der Waals surface area contributed by atoms with Crippen molar-refractivity contribution < 1.29 is 34.4 Å². The summed E-state index contributed by atoms with van der Waals surface area (Å²) < 4.78 is 18.8. The molecule has 0 saturated carbocycles. The Kier molecular flexibility index (Phi) is 4.37. The van der Waals surface area contributed by atoms with Crippen LogP contribution in [-0.2, 0) is 29.5 Å². The van der Waals surface area contributed by atoms with Crippen LogP contribution in [0, 0.1) is 5.41 Å². The third-order valence-electron chi connectivity index (χ3n) is 5.42. The summed E-state index contributed by atoms with van der Waals surface area (Å²) >= 11 is 1.96. The van der Waals surface area contributed by atoms with Crippen LogP contribution < -0.4 is 0 Å². The van der Waals surface area contributed by atoms with Gasteiger partial charge in [-0.2, -0.15) is 0 Å². The summed E-state index contributed by atoms with van der Waals surface area (Å²) in [5, 5.41) is 0.474. The Morgan fingerprint density at radius 3 is 2.33 bits per heavy atom. The van der Waals surface area contributed by atoms with Gasteiger partial charge < -0.3 is 0 Å². The van der Waals surface area contributed by atoms with Crippen LogP contribution in [0.15, 0.2) is 52.1 Å². The zero-order valence-electron chi connectivity index (χ0n) is 14.7. The second kappa shape index (κ2) is 5.85. The summed E-state index contributed by atoms with van der Waals surface area (Å²) in [4.78, 5) is 10.8. The molecule has 0 aliphatic heterocycles. The fraction of sp³-hybridized carbons (Fsp3) is 0.368. The van der Waals surface area contributed by atoms with E-state index >= 15 is 0 Å². The van der Waals surface area contributed by atoms with Crippen LogP contribution in [0.3, 0.4) is 0 Å². The molecule has 1 N–H and O–H groups in total. The Morgan fingerprint density at radius 1 is 1.17 bits per heavy atom. The summed E-state index contributed by atoms with van der Waals surface area (Å²) in [6.07, 6.45) is 1.81. The molecule has 0 fully saturated rings. The number of fused-ring (bicyclic) bond motifs is 1. The predicted octanol–water partition coefficient (Wildman–Crippen LogP) is 5.48. The summed E-state index contributed by atoms with van der Waals surface area (Å²) in [6.45, 7) is 10.1. The number of benzene rings is 1. The van der Waals surface area contributed by atoms with Gasteiger partial charge in [-0.15, -0.1) is 0 Å². The van der Waals surface area contributed by atoms with Crippen LogP contribution in [0.4, 0.5) is 0 Å². The Labute approximate surface area is 155 Å². The molecule has 1 aromatic carbocycles. The second-order valence-corrected chi connectivity index (χ2v) is 9.71. The van der Waals surface area contributed by atoms with E-state index in [2.05, 4.69) is 6.92 Å². The molecular weight excluding hydrogens is 355 g/mol. The van der Waals surface area contributed by atoms with Crippen molar-refractivity contribution in [2.75, 3.05) is 0 Å². The molecule has 0 saturated heterocycles. The third kappa shape index (κ3) is 2.63.